The van der Waals surface area contributed by atoms with E-state index < -0.39 is 0 Å². The number of carbonyl (C=O) groups excluding carboxylic acids is 1. The third kappa shape index (κ3) is 5.93. The van der Waals surface area contributed by atoms with Gasteiger partial charge < -0.3 is 0 Å². The Balaban J connectivity index is 3.62. The fraction of sp³-hybridized carbons (Fsp3) is 0.500. The third-order valence-corrected chi connectivity index (χ3v) is 1.60. The summed E-state index contributed by atoms with van der Waals surface area (Å²) in [6, 6.07) is 0. The zero-order chi connectivity index (χ0) is 7.28. The fourth-order valence-electron chi connectivity index (χ4n) is 0.377. The lowest BCUT2D eigenvalue weighted by molar-refractivity contribution is -0.109. The summed E-state index contributed by atoms with van der Waals surface area (Å²) in [7, 11) is 0. The molecule has 3 heteroatoms. The van der Waals surface area contributed by atoms with Crippen LogP contribution in [0, 0.1) is 0 Å². The molecule has 0 bridgehead atoms. The monoisotopic (exact) mass is 164 g/mol. The first-order chi connectivity index (χ1) is 4.16. The normalized spacial score (nSPS) is 11.7. The van der Waals surface area contributed by atoms with Crippen LogP contribution >= 0.6 is 23.4 Å². The zero-order valence-electron chi connectivity index (χ0n) is 5.48. The second-order valence-corrected chi connectivity index (χ2v) is 3.29. The molecule has 0 saturated carbocycles. The van der Waals surface area contributed by atoms with Gasteiger partial charge in [-0.05, 0) is 11.8 Å². The Morgan fingerprint density at radius 2 is 2.22 bits per heavy atom. The first-order valence-electron chi connectivity index (χ1n) is 2.58. The van der Waals surface area contributed by atoms with Crippen LogP contribution in [-0.2, 0) is 4.79 Å². The number of rotatable bonds is 2. The van der Waals surface area contributed by atoms with Gasteiger partial charge in [-0.25, -0.2) is 0 Å². The number of hydrogen-bond acceptors (Lipinski definition) is 2. The van der Waals surface area contributed by atoms with Crippen LogP contribution in [0.15, 0.2) is 11.0 Å². The van der Waals surface area contributed by atoms with Crippen LogP contribution in [0.5, 0.6) is 0 Å². The highest BCUT2D eigenvalue weighted by atomic mass is 35.5. The molecule has 0 aromatic carbocycles. The van der Waals surface area contributed by atoms with Crippen LogP contribution in [-0.4, -0.2) is 11.0 Å². The van der Waals surface area contributed by atoms with Crippen molar-refractivity contribution in [1.82, 2.24) is 0 Å². The average molecular weight is 165 g/mol. The molecule has 0 heterocycles. The summed E-state index contributed by atoms with van der Waals surface area (Å²) in [6.45, 7) is 3.41. The Hall–Kier alpha value is 0.0500. The summed E-state index contributed by atoms with van der Waals surface area (Å²) in [5.74, 6) is 0.478. The Labute approximate surface area is 64.5 Å². The first kappa shape index (κ1) is 9.05. The van der Waals surface area contributed by atoms with Gasteiger partial charge >= 0.3 is 0 Å². The molecular weight excluding hydrogens is 156 g/mol. The number of alkyl halides is 1. The number of thioether (sulfide) groups is 1. The van der Waals surface area contributed by atoms with E-state index in [0.717, 1.165) is 4.91 Å². The minimum absolute atomic E-state index is 0.105. The predicted molar refractivity (Wildman–Crippen MR) is 42.7 cm³/mol. The molecular formula is C6H9ClOS. The van der Waals surface area contributed by atoms with Crippen molar-refractivity contribution in [3.05, 3.63) is 11.0 Å². The Bertz CT molecular complexity index is 131. The van der Waals surface area contributed by atoms with Crippen molar-refractivity contribution in [3.63, 3.8) is 0 Å². The summed E-state index contributed by atoms with van der Waals surface area (Å²) < 4.78 is 0. The van der Waals surface area contributed by atoms with E-state index in [1.54, 1.807) is 0 Å². The van der Waals surface area contributed by atoms with Crippen molar-refractivity contribution in [2.24, 2.45) is 0 Å². The van der Waals surface area contributed by atoms with Gasteiger partial charge in [0.1, 0.15) is 0 Å². The van der Waals surface area contributed by atoms with Gasteiger partial charge in [0, 0.05) is 12.8 Å². The van der Waals surface area contributed by atoms with Crippen molar-refractivity contribution in [1.29, 1.82) is 0 Å². The molecule has 0 saturated heterocycles. The summed E-state index contributed by atoms with van der Waals surface area (Å²) in [4.78, 5) is 11.4. The van der Waals surface area contributed by atoms with Crippen LogP contribution < -0.4 is 0 Å². The fourth-order valence-corrected chi connectivity index (χ4v) is 1.32. The maximum atomic E-state index is 10.4. The van der Waals surface area contributed by atoms with E-state index in [1.807, 2.05) is 13.0 Å². The lowest BCUT2D eigenvalue weighted by Crippen LogP contribution is -1.80. The maximum Gasteiger partial charge on any atom is 0.190 e. The summed E-state index contributed by atoms with van der Waals surface area (Å²) in [6.07, 6.45) is 1.81. The van der Waals surface area contributed by atoms with Gasteiger partial charge in [0.25, 0.3) is 0 Å². The van der Waals surface area contributed by atoms with Crippen molar-refractivity contribution in [3.8, 4) is 0 Å². The largest absolute Gasteiger partial charge is 0.287 e. The van der Waals surface area contributed by atoms with E-state index in [1.165, 1.54) is 18.7 Å². The van der Waals surface area contributed by atoms with Gasteiger partial charge in [-0.15, -0.1) is 11.6 Å². The minimum Gasteiger partial charge on any atom is -0.287 e. The van der Waals surface area contributed by atoms with Crippen molar-refractivity contribution < 1.29 is 4.79 Å². The molecule has 0 aliphatic heterocycles. The highest BCUT2D eigenvalue weighted by Crippen LogP contribution is 2.14. The van der Waals surface area contributed by atoms with E-state index in [-0.39, 0.29) is 5.12 Å². The lowest BCUT2D eigenvalue weighted by atomic mass is 10.6. The number of carbonyl (C=O) groups is 1. The van der Waals surface area contributed by atoms with Gasteiger partial charge in [0.15, 0.2) is 5.12 Å². The van der Waals surface area contributed by atoms with Gasteiger partial charge in [-0.1, -0.05) is 17.8 Å². The first-order valence-corrected chi connectivity index (χ1v) is 3.93. The van der Waals surface area contributed by atoms with Crippen molar-refractivity contribution in [2.45, 2.75) is 13.8 Å². The SMILES string of the molecule is CC(=O)S/C(C)=C\CCl. The van der Waals surface area contributed by atoms with Crippen LogP contribution in [0.3, 0.4) is 0 Å². The molecule has 0 rings (SSSR count). The van der Waals surface area contributed by atoms with E-state index in [2.05, 4.69) is 0 Å². The Morgan fingerprint density at radius 3 is 2.56 bits per heavy atom. The molecule has 1 nitrogen and oxygen atoms in total. The smallest absolute Gasteiger partial charge is 0.190 e. The molecule has 0 aromatic rings. The van der Waals surface area contributed by atoms with Crippen molar-refractivity contribution in [2.75, 3.05) is 5.88 Å². The quantitative estimate of drug-likeness (QED) is 0.583. The molecule has 0 aliphatic carbocycles. The van der Waals surface area contributed by atoms with E-state index in [4.69, 9.17) is 11.6 Å². The molecule has 52 valence electrons. The van der Waals surface area contributed by atoms with E-state index >= 15 is 0 Å². The number of halogens is 1. The second-order valence-electron chi connectivity index (χ2n) is 1.56. The molecule has 0 unspecified atom stereocenters. The van der Waals surface area contributed by atoms with Crippen LogP contribution in [0.1, 0.15) is 13.8 Å². The standard InChI is InChI=1S/C6H9ClOS/c1-5(3-4-7)9-6(2)8/h3H,4H2,1-2H3/b5-3-. The number of allylic oxidation sites excluding steroid dienone is 2. The lowest BCUT2D eigenvalue weighted by Gasteiger charge is -1.91. The Morgan fingerprint density at radius 1 is 1.67 bits per heavy atom. The molecule has 0 spiro atoms. The molecule has 0 aliphatic rings. The Kier molecular flexibility index (Phi) is 4.91. The number of hydrogen-bond donors (Lipinski definition) is 0. The maximum absolute atomic E-state index is 10.4. The van der Waals surface area contributed by atoms with E-state index in [9.17, 15) is 4.79 Å². The highest BCUT2D eigenvalue weighted by molar-refractivity contribution is 8.16. The summed E-state index contributed by atoms with van der Waals surface area (Å²) in [5, 5.41) is 0.105. The zero-order valence-corrected chi connectivity index (χ0v) is 7.05. The van der Waals surface area contributed by atoms with Gasteiger partial charge in [0.2, 0.25) is 0 Å². The molecule has 0 N–H and O–H groups in total. The van der Waals surface area contributed by atoms with Crippen LogP contribution in [0.2, 0.25) is 0 Å². The van der Waals surface area contributed by atoms with Gasteiger partial charge in [0.05, 0.1) is 0 Å². The van der Waals surface area contributed by atoms with Crippen LogP contribution in [0.4, 0.5) is 0 Å². The molecule has 9 heavy (non-hydrogen) atoms. The summed E-state index contributed by atoms with van der Waals surface area (Å²) in [5.41, 5.74) is 0. The second kappa shape index (κ2) is 4.89. The third-order valence-electron chi connectivity index (χ3n) is 0.669. The molecule has 0 radical (unpaired) electrons. The molecule has 0 atom stereocenters. The molecule has 0 amide bonds. The van der Waals surface area contributed by atoms with Gasteiger partial charge in [-0.3, -0.25) is 4.79 Å². The topological polar surface area (TPSA) is 17.1 Å². The average Bonchev–Trinajstić information content (AvgIpc) is 1.63. The molecule has 0 fully saturated rings. The highest BCUT2D eigenvalue weighted by Gasteiger charge is 1.93. The van der Waals surface area contributed by atoms with Crippen molar-refractivity contribution >= 4 is 28.5 Å². The van der Waals surface area contributed by atoms with E-state index in [0.29, 0.717) is 5.88 Å². The minimum atomic E-state index is 0.105. The van der Waals surface area contributed by atoms with Gasteiger partial charge in [-0.2, -0.15) is 0 Å². The molecule has 0 aromatic heterocycles. The summed E-state index contributed by atoms with van der Waals surface area (Å²) >= 11 is 6.60. The predicted octanol–water partition coefficient (Wildman–Crippen LogP) is 2.41. The van der Waals surface area contributed by atoms with Crippen LogP contribution in [0.25, 0.3) is 0 Å².